The van der Waals surface area contributed by atoms with E-state index in [1.54, 1.807) is 65.8 Å². The normalized spacial score (nSPS) is 20.6. The van der Waals surface area contributed by atoms with Gasteiger partial charge in [0.15, 0.2) is 11.6 Å². The van der Waals surface area contributed by atoms with Crippen molar-refractivity contribution in [2.45, 2.75) is 169 Å². The van der Waals surface area contributed by atoms with Crippen molar-refractivity contribution in [3.8, 4) is 0 Å². The third-order valence-corrected chi connectivity index (χ3v) is 17.4. The van der Waals surface area contributed by atoms with E-state index in [0.29, 0.717) is 36.5 Å². The number of esters is 1. The number of likely N-dealkylation sites (tertiary alicyclic amines) is 1. The van der Waals surface area contributed by atoms with Crippen LogP contribution in [-0.4, -0.2) is 176 Å². The van der Waals surface area contributed by atoms with Gasteiger partial charge in [-0.1, -0.05) is 86.1 Å². The Kier molecular flexibility index (Phi) is 29.7. The molecule has 21 heteroatoms. The number of thioether (sulfide) groups is 2. The molecule has 19 nitrogen and oxygen atoms in total. The zero-order chi connectivity index (χ0) is 60.8. The number of ketones is 4. The molecule has 0 saturated carbocycles. The van der Waals surface area contributed by atoms with Crippen LogP contribution in [0.5, 0.6) is 0 Å². The minimum Gasteiger partial charge on any atom is -0.469 e. The molecule has 2 heterocycles. The molecule has 0 bridgehead atoms. The number of allylic oxidation sites excluding steroid dienone is 1. The van der Waals surface area contributed by atoms with Gasteiger partial charge in [0.1, 0.15) is 23.7 Å². The summed E-state index contributed by atoms with van der Waals surface area (Å²) in [5.74, 6) is -6.34. The maximum atomic E-state index is 14.5. The summed E-state index contributed by atoms with van der Waals surface area (Å²) in [6.07, 6.45) is 2.67. The third-order valence-electron chi connectivity index (χ3n) is 15.6. The largest absolute Gasteiger partial charge is 0.469 e. The number of ether oxygens (including phenoxy) is 3. The number of benzene rings is 1. The molecule has 1 unspecified atom stereocenters. The summed E-state index contributed by atoms with van der Waals surface area (Å²) in [7, 11) is 9.68. The number of hydrogen-bond acceptors (Lipinski definition) is 16. The lowest BCUT2D eigenvalue weighted by Crippen LogP contribution is -2.59. The number of nitrogens with one attached hydrogen (secondary N) is 3. The van der Waals surface area contributed by atoms with Gasteiger partial charge in [-0.25, -0.2) is 0 Å². The number of carbonyl (C=O) groups is 10. The van der Waals surface area contributed by atoms with Crippen LogP contribution in [0.25, 0.3) is 0 Å². The Bertz CT molecular complexity index is 2340. The van der Waals surface area contributed by atoms with Crippen molar-refractivity contribution < 1.29 is 62.2 Å². The number of likely N-dealkylation sites (N-methyl/N-ethyl adjacent to an activating group) is 2. The summed E-state index contributed by atoms with van der Waals surface area (Å²) >= 11 is 2.73. The van der Waals surface area contributed by atoms with Crippen LogP contribution in [-0.2, 0) is 75.0 Å². The number of hydrogen-bond donors (Lipinski definition) is 3. The summed E-state index contributed by atoms with van der Waals surface area (Å²) in [6.45, 7) is 17.0. The molecule has 3 rings (SSSR count). The molecule has 0 aliphatic carbocycles. The van der Waals surface area contributed by atoms with Gasteiger partial charge < -0.3 is 40.0 Å². The average molecular weight is 1170 g/mol. The molecule has 2 aliphatic rings. The molecule has 2 aliphatic heterocycles. The predicted octanol–water partition coefficient (Wildman–Crippen LogP) is 5.75. The van der Waals surface area contributed by atoms with E-state index in [1.165, 1.54) is 63.9 Å². The quantitative estimate of drug-likeness (QED) is 0.0777. The van der Waals surface area contributed by atoms with Crippen LogP contribution in [0.15, 0.2) is 47.2 Å². The highest BCUT2D eigenvalue weighted by molar-refractivity contribution is 8.18. The van der Waals surface area contributed by atoms with Gasteiger partial charge in [-0.2, -0.15) is 0 Å². The van der Waals surface area contributed by atoms with Crippen LogP contribution in [0.3, 0.4) is 0 Å². The summed E-state index contributed by atoms with van der Waals surface area (Å²) in [5.41, 5.74) is 1.39. The topological polar surface area (TPSA) is 244 Å². The fraction of sp³-hybridized carbons (Fsp3) is 0.667. The van der Waals surface area contributed by atoms with Gasteiger partial charge in [0, 0.05) is 76.5 Å². The van der Waals surface area contributed by atoms with Gasteiger partial charge in [0.25, 0.3) is 0 Å². The zero-order valence-corrected chi connectivity index (χ0v) is 52.1. The standard InChI is InChI=1S/C60H92N6O13S2/c1-16-37(6)55(65(12)59(75)53(35(2)3)63-58(74)54(36(4)5)64(10)11)50(77-13)33-52(72)66-25-17-18-46(66)56(78-14)39(8)48(69)31-43(60(76)79-15)29-41-19-21-42(22-20-41)30-47(68)38(7)28-49(70)40(9)61-57(73)45-32-44(67)23-26-80-34-81-27-24-51(71)62-45/h19-24,26-27,35-40,43,45-46,50,53-56H,16-18,25,28-34H2,1-15H3,(H,61,73)(H,62,71)(H,63,74)/b26-23+,27-24+/t37-,38+,39-,40-,43-,45?,46-,50+,53-,54+,55-,56+/m0/s1. The van der Waals surface area contributed by atoms with Gasteiger partial charge in [0.2, 0.25) is 29.5 Å². The second-order valence-electron chi connectivity index (χ2n) is 22.6. The molecule has 12 atom stereocenters. The van der Waals surface area contributed by atoms with Crippen LogP contribution < -0.4 is 16.0 Å². The number of methoxy groups -OCH3 is 3. The molecule has 1 aromatic rings. The van der Waals surface area contributed by atoms with Gasteiger partial charge in [-0.3, -0.25) is 52.8 Å². The molecule has 5 amide bonds. The predicted molar refractivity (Wildman–Crippen MR) is 315 cm³/mol. The first-order chi connectivity index (χ1) is 38.2. The third kappa shape index (κ3) is 21.2. The molecule has 0 aromatic heterocycles. The molecule has 0 spiro atoms. The number of amides is 5. The second-order valence-corrected chi connectivity index (χ2v) is 24.8. The van der Waals surface area contributed by atoms with Crippen LogP contribution in [0.1, 0.15) is 118 Å². The van der Waals surface area contributed by atoms with E-state index in [9.17, 15) is 47.9 Å². The summed E-state index contributed by atoms with van der Waals surface area (Å²) in [4.78, 5) is 140. The van der Waals surface area contributed by atoms with E-state index in [1.807, 2.05) is 60.5 Å². The second kappa shape index (κ2) is 34.4. The van der Waals surface area contributed by atoms with Crippen molar-refractivity contribution in [2.24, 2.45) is 35.5 Å². The first-order valence-corrected chi connectivity index (χ1v) is 30.3. The Morgan fingerprint density at radius 2 is 1.41 bits per heavy atom. The molecule has 452 valence electrons. The first-order valence-electron chi connectivity index (χ1n) is 28.2. The SMILES string of the molecule is CC[C@H](C)[C@@H]([C@@H](CC(=O)N1CCC[C@H]1[C@H](OC)[C@@H](C)C(=O)C[C@H](Cc1ccc(CC(=O)[C@H](C)CC(=O)[C@H](C)NC(=O)C2CC(=O)/C=C/SCS/C=C/C(=O)N2)cc1)C(=O)OC)OC)N(C)C(=O)[C@@H](NC(=O)[C@@H](C(C)C)N(C)C)C(C)C. The number of Topliss-reactive ketones (excluding diaryl/α,β-unsaturated/α-hetero) is 3. The van der Waals surface area contributed by atoms with Gasteiger partial charge in [0.05, 0.1) is 55.8 Å². The van der Waals surface area contributed by atoms with Crippen LogP contribution in [0.4, 0.5) is 0 Å². The number of carbonyl (C=O) groups excluding carboxylic acids is 10. The molecular weight excluding hydrogens is 1080 g/mol. The molecule has 81 heavy (non-hydrogen) atoms. The lowest BCUT2D eigenvalue weighted by molar-refractivity contribution is -0.149. The zero-order valence-electron chi connectivity index (χ0n) is 50.4. The summed E-state index contributed by atoms with van der Waals surface area (Å²) < 4.78 is 17.3. The Morgan fingerprint density at radius 1 is 0.778 bits per heavy atom. The van der Waals surface area contributed by atoms with Crippen LogP contribution >= 0.6 is 23.5 Å². The number of nitrogens with zero attached hydrogens (tertiary/aromatic N) is 3. The highest BCUT2D eigenvalue weighted by atomic mass is 32.2. The molecule has 3 N–H and O–H groups in total. The Hall–Kier alpha value is -5.22. The van der Waals surface area contributed by atoms with Crippen LogP contribution in [0.2, 0.25) is 0 Å². The highest BCUT2D eigenvalue weighted by Crippen LogP contribution is 2.31. The highest BCUT2D eigenvalue weighted by Gasteiger charge is 2.44. The van der Waals surface area contributed by atoms with E-state index in [4.69, 9.17) is 14.2 Å². The van der Waals surface area contributed by atoms with Crippen molar-refractivity contribution in [1.29, 1.82) is 0 Å². The van der Waals surface area contributed by atoms with Gasteiger partial charge >= 0.3 is 5.97 Å². The smallest absolute Gasteiger partial charge is 0.309 e. The Balaban J connectivity index is 1.67. The molecular formula is C60H92N6O13S2. The van der Waals surface area contributed by atoms with Gasteiger partial charge in [-0.15, -0.1) is 23.5 Å². The van der Waals surface area contributed by atoms with Crippen molar-refractivity contribution in [2.75, 3.05) is 54.1 Å². The average Bonchev–Trinajstić information content (AvgIpc) is 3.91. The maximum Gasteiger partial charge on any atom is 0.309 e. The van der Waals surface area contributed by atoms with Crippen molar-refractivity contribution >= 4 is 82.2 Å². The first kappa shape index (κ1) is 70.0. The van der Waals surface area contributed by atoms with Gasteiger partial charge in [-0.05, 0) is 86.1 Å². The fourth-order valence-corrected chi connectivity index (χ4v) is 12.2. The minimum atomic E-state index is -1.21. The van der Waals surface area contributed by atoms with Crippen molar-refractivity contribution in [3.63, 3.8) is 0 Å². The maximum absolute atomic E-state index is 14.5. The minimum absolute atomic E-state index is 0.00473. The van der Waals surface area contributed by atoms with E-state index in [0.717, 1.165) is 5.56 Å². The molecule has 0 radical (unpaired) electrons. The lowest BCUT2D eigenvalue weighted by Gasteiger charge is -2.41. The van der Waals surface area contributed by atoms with Crippen molar-refractivity contribution in [1.82, 2.24) is 30.7 Å². The van der Waals surface area contributed by atoms with E-state index < -0.39 is 89.8 Å². The monoisotopic (exact) mass is 1170 g/mol. The molecule has 1 fully saturated rings. The van der Waals surface area contributed by atoms with Crippen LogP contribution in [0, 0.1) is 35.5 Å². The molecule has 1 saturated heterocycles. The Labute approximate surface area is 489 Å². The fourth-order valence-electron chi connectivity index (χ4n) is 10.8. The van der Waals surface area contributed by atoms with Crippen molar-refractivity contribution in [3.05, 3.63) is 58.4 Å². The number of rotatable bonds is 30. The van der Waals surface area contributed by atoms with E-state index >= 15 is 0 Å². The summed E-state index contributed by atoms with van der Waals surface area (Å²) in [5, 5.41) is 12.0. The summed E-state index contributed by atoms with van der Waals surface area (Å²) in [6, 6.07) is 2.61. The van der Waals surface area contributed by atoms with E-state index in [2.05, 4.69) is 16.0 Å². The Morgan fingerprint density at radius 3 is 1.98 bits per heavy atom. The lowest BCUT2D eigenvalue weighted by atomic mass is 9.85. The van der Waals surface area contributed by atoms with E-state index in [-0.39, 0.29) is 91.3 Å². The molecule has 1 aromatic carbocycles.